The quantitative estimate of drug-likeness (QED) is 0.448. The first-order valence-corrected chi connectivity index (χ1v) is 3.33. The molecule has 1 aliphatic carbocycles. The van der Waals surface area contributed by atoms with Crippen LogP contribution >= 0.6 is 0 Å². The van der Waals surface area contributed by atoms with Gasteiger partial charge in [-0.2, -0.15) is 0 Å². The zero-order chi connectivity index (χ0) is 8.27. The van der Waals surface area contributed by atoms with Crippen LogP contribution in [-0.4, -0.2) is 12.0 Å². The minimum Gasteiger partial charge on any atom is -0.490 e. The van der Waals surface area contributed by atoms with Gasteiger partial charge in [0.05, 0.1) is 12.0 Å². The molecule has 0 heterocycles. The molecule has 0 spiro atoms. The fourth-order valence-corrected chi connectivity index (χ4v) is 0.997. The van der Waals surface area contributed by atoms with Gasteiger partial charge in [-0.1, -0.05) is 6.08 Å². The third-order valence-electron chi connectivity index (χ3n) is 1.54. The number of nitrogens with zero attached hydrogens (tertiary/aromatic N) is 1. The Morgan fingerprint density at radius 2 is 2.45 bits per heavy atom. The fourth-order valence-electron chi connectivity index (χ4n) is 0.997. The Balaban J connectivity index is 2.91. The summed E-state index contributed by atoms with van der Waals surface area (Å²) in [6, 6.07) is 0. The molecule has 0 atom stereocenters. The van der Waals surface area contributed by atoms with Crippen LogP contribution in [0.4, 0.5) is 0 Å². The molecule has 0 N–H and O–H groups in total. The molecular weight excluding hydrogens is 146 g/mol. The van der Waals surface area contributed by atoms with Gasteiger partial charge in [-0.15, -0.1) is 0 Å². The normalized spacial score (nSPS) is 16.8. The van der Waals surface area contributed by atoms with Gasteiger partial charge in [-0.25, -0.2) is 0 Å². The van der Waals surface area contributed by atoms with E-state index < -0.39 is 0 Å². The summed E-state index contributed by atoms with van der Waals surface area (Å²) in [6.45, 7) is 0. The summed E-state index contributed by atoms with van der Waals surface area (Å²) in [5.41, 5.74) is 0.176. The Labute approximate surface area is 64.3 Å². The molecule has 0 radical (unpaired) electrons. The third-order valence-corrected chi connectivity index (χ3v) is 1.54. The summed E-state index contributed by atoms with van der Waals surface area (Å²) >= 11 is 0. The van der Waals surface area contributed by atoms with Gasteiger partial charge in [-0.05, 0) is 12.5 Å². The molecule has 4 nitrogen and oxygen atoms in total. The average molecular weight is 155 g/mol. The Hall–Kier alpha value is -1.32. The second kappa shape index (κ2) is 3.18. The molecule has 0 fully saturated rings. The number of hydrogen-bond acceptors (Lipinski definition) is 3. The minimum atomic E-state index is -0.387. The first kappa shape index (κ1) is 7.78. The van der Waals surface area contributed by atoms with Crippen molar-refractivity contribution in [2.75, 3.05) is 7.11 Å². The van der Waals surface area contributed by atoms with E-state index >= 15 is 0 Å². The van der Waals surface area contributed by atoms with E-state index in [-0.39, 0.29) is 10.6 Å². The van der Waals surface area contributed by atoms with Crippen molar-refractivity contribution in [3.8, 4) is 0 Å². The molecule has 0 amide bonds. The van der Waals surface area contributed by atoms with Crippen LogP contribution in [0.25, 0.3) is 0 Å². The predicted octanol–water partition coefficient (Wildman–Crippen LogP) is 1.47. The molecule has 1 rings (SSSR count). The lowest BCUT2D eigenvalue weighted by Crippen LogP contribution is -2.05. The number of ether oxygens (including phenoxy) is 1. The van der Waals surface area contributed by atoms with Crippen LogP contribution in [0.1, 0.15) is 12.8 Å². The van der Waals surface area contributed by atoms with Gasteiger partial charge in [0.2, 0.25) is 0 Å². The lowest BCUT2D eigenvalue weighted by molar-refractivity contribution is -0.430. The van der Waals surface area contributed by atoms with E-state index in [0.29, 0.717) is 12.2 Å². The largest absolute Gasteiger partial charge is 0.490 e. The van der Waals surface area contributed by atoms with Crippen molar-refractivity contribution in [1.29, 1.82) is 0 Å². The Morgan fingerprint density at radius 1 is 1.73 bits per heavy atom. The highest BCUT2D eigenvalue weighted by Gasteiger charge is 2.19. The molecule has 0 bridgehead atoms. The van der Waals surface area contributed by atoms with Crippen molar-refractivity contribution < 1.29 is 9.66 Å². The van der Waals surface area contributed by atoms with Gasteiger partial charge in [0.25, 0.3) is 5.70 Å². The van der Waals surface area contributed by atoms with Crippen molar-refractivity contribution in [1.82, 2.24) is 0 Å². The van der Waals surface area contributed by atoms with Gasteiger partial charge in [-0.3, -0.25) is 10.1 Å². The molecule has 0 aliphatic heterocycles. The van der Waals surface area contributed by atoms with Crippen LogP contribution in [-0.2, 0) is 4.74 Å². The lowest BCUT2D eigenvalue weighted by Gasteiger charge is -2.06. The maximum Gasteiger partial charge on any atom is 0.287 e. The summed E-state index contributed by atoms with van der Waals surface area (Å²) in [4.78, 5) is 9.97. The zero-order valence-corrected chi connectivity index (χ0v) is 6.24. The van der Waals surface area contributed by atoms with E-state index in [9.17, 15) is 10.1 Å². The second-order valence-electron chi connectivity index (χ2n) is 2.21. The first-order chi connectivity index (χ1) is 5.25. The molecule has 0 aromatic heterocycles. The van der Waals surface area contributed by atoms with Gasteiger partial charge in [0.1, 0.15) is 0 Å². The number of hydrogen-bond donors (Lipinski definition) is 0. The van der Waals surface area contributed by atoms with E-state index in [0.717, 1.165) is 6.42 Å². The highest BCUT2D eigenvalue weighted by atomic mass is 16.6. The first-order valence-electron chi connectivity index (χ1n) is 3.33. The monoisotopic (exact) mass is 155 g/mol. The van der Waals surface area contributed by atoms with E-state index in [4.69, 9.17) is 4.74 Å². The Kier molecular flexibility index (Phi) is 2.25. The van der Waals surface area contributed by atoms with Crippen molar-refractivity contribution >= 4 is 0 Å². The highest BCUT2D eigenvalue weighted by molar-refractivity contribution is 5.19. The minimum absolute atomic E-state index is 0.176. The standard InChI is InChI=1S/C7H9NO3/c1-11-7-5-3-2-4-6(7)8(9)10/h3,5H,2,4H2,1H3. The maximum atomic E-state index is 10.4. The number of nitro groups is 1. The van der Waals surface area contributed by atoms with Gasteiger partial charge in [0, 0.05) is 6.42 Å². The lowest BCUT2D eigenvalue weighted by atomic mass is 10.1. The molecule has 0 saturated heterocycles. The molecule has 11 heavy (non-hydrogen) atoms. The van der Waals surface area contributed by atoms with Gasteiger partial charge >= 0.3 is 0 Å². The van der Waals surface area contributed by atoms with E-state index in [1.165, 1.54) is 7.11 Å². The summed E-state index contributed by atoms with van der Waals surface area (Å²) in [5, 5.41) is 10.4. The molecule has 0 unspecified atom stereocenters. The summed E-state index contributed by atoms with van der Waals surface area (Å²) in [5.74, 6) is 0.376. The van der Waals surface area contributed by atoms with E-state index in [2.05, 4.69) is 0 Å². The Bertz CT molecular complexity index is 230. The van der Waals surface area contributed by atoms with Crippen LogP contribution in [0.3, 0.4) is 0 Å². The summed E-state index contributed by atoms with van der Waals surface area (Å²) < 4.78 is 4.82. The SMILES string of the molecule is COC1=C([N+](=O)[O-])CCC=C1. The third kappa shape index (κ3) is 1.58. The summed E-state index contributed by atoms with van der Waals surface area (Å²) in [7, 11) is 1.44. The van der Waals surface area contributed by atoms with Gasteiger partial charge in [0.15, 0.2) is 5.76 Å². The molecule has 0 saturated carbocycles. The fraction of sp³-hybridized carbons (Fsp3) is 0.429. The molecular formula is C7H9NO3. The van der Waals surface area contributed by atoms with Crippen molar-refractivity contribution in [2.45, 2.75) is 12.8 Å². The van der Waals surface area contributed by atoms with E-state index in [1.807, 2.05) is 6.08 Å². The Morgan fingerprint density at radius 3 is 2.91 bits per heavy atom. The van der Waals surface area contributed by atoms with Crippen LogP contribution in [0.15, 0.2) is 23.6 Å². The molecule has 1 aliphatic rings. The van der Waals surface area contributed by atoms with Crippen molar-refractivity contribution in [2.24, 2.45) is 0 Å². The smallest absolute Gasteiger partial charge is 0.287 e. The van der Waals surface area contributed by atoms with Crippen molar-refractivity contribution in [3.05, 3.63) is 33.7 Å². The molecule has 60 valence electrons. The number of rotatable bonds is 2. The molecule has 0 aromatic rings. The van der Waals surface area contributed by atoms with Gasteiger partial charge < -0.3 is 4.74 Å². The average Bonchev–Trinajstić information content (AvgIpc) is 2.04. The van der Waals surface area contributed by atoms with E-state index in [1.54, 1.807) is 6.08 Å². The second-order valence-corrected chi connectivity index (χ2v) is 2.21. The number of allylic oxidation sites excluding steroid dienone is 3. The predicted molar refractivity (Wildman–Crippen MR) is 39.4 cm³/mol. The van der Waals surface area contributed by atoms with Crippen molar-refractivity contribution in [3.63, 3.8) is 0 Å². The van der Waals surface area contributed by atoms with Crippen LogP contribution in [0.5, 0.6) is 0 Å². The molecule has 0 aromatic carbocycles. The summed E-state index contributed by atoms with van der Waals surface area (Å²) in [6.07, 6.45) is 4.70. The number of methoxy groups -OCH3 is 1. The van der Waals surface area contributed by atoms with Crippen LogP contribution in [0.2, 0.25) is 0 Å². The van der Waals surface area contributed by atoms with Crippen LogP contribution in [0, 0.1) is 10.1 Å². The zero-order valence-electron chi connectivity index (χ0n) is 6.24. The highest BCUT2D eigenvalue weighted by Crippen LogP contribution is 2.19. The van der Waals surface area contributed by atoms with Crippen LogP contribution < -0.4 is 0 Å². The topological polar surface area (TPSA) is 52.4 Å². The molecule has 4 heteroatoms. The maximum absolute atomic E-state index is 10.4.